The first kappa shape index (κ1) is 11.2. The largest absolute Gasteiger partial charge is 0.238 e. The molecule has 0 aromatic carbocycles. The molecular weight excluding hydrogens is 172 g/mol. The van der Waals surface area contributed by atoms with Gasteiger partial charge in [0.15, 0.2) is 0 Å². The van der Waals surface area contributed by atoms with Crippen LogP contribution >= 0.6 is 0 Å². The summed E-state index contributed by atoms with van der Waals surface area (Å²) >= 11 is 0. The summed E-state index contributed by atoms with van der Waals surface area (Å²) in [5, 5.41) is 0. The minimum atomic E-state index is 0.164. The standard InChI is InChI=1S/C12H20N2/c1-6-10-8-11(12(4,5)7-2)14-9(3)13-10/h8H,6-7H2,1-5H3. The predicted molar refractivity (Wildman–Crippen MR) is 59.5 cm³/mol. The Labute approximate surface area is 86.8 Å². The fourth-order valence-corrected chi connectivity index (χ4v) is 1.34. The number of aryl methyl sites for hydroxylation is 2. The lowest BCUT2D eigenvalue weighted by Gasteiger charge is -2.22. The molecule has 0 atom stereocenters. The van der Waals surface area contributed by atoms with Crippen LogP contribution in [0.3, 0.4) is 0 Å². The van der Waals surface area contributed by atoms with E-state index in [4.69, 9.17) is 0 Å². The zero-order valence-corrected chi connectivity index (χ0v) is 9.89. The maximum absolute atomic E-state index is 4.51. The molecule has 0 fully saturated rings. The SMILES string of the molecule is CCc1cc(C(C)(C)CC)nc(C)n1. The van der Waals surface area contributed by atoms with Crippen molar-refractivity contribution >= 4 is 0 Å². The highest BCUT2D eigenvalue weighted by atomic mass is 14.9. The molecule has 1 rings (SSSR count). The second-order valence-electron chi connectivity index (χ2n) is 4.38. The molecule has 0 aliphatic heterocycles. The van der Waals surface area contributed by atoms with Crippen molar-refractivity contribution in [3.8, 4) is 0 Å². The normalized spacial score (nSPS) is 11.8. The van der Waals surface area contributed by atoms with E-state index < -0.39 is 0 Å². The lowest BCUT2D eigenvalue weighted by atomic mass is 9.86. The van der Waals surface area contributed by atoms with Crippen LogP contribution in [0.25, 0.3) is 0 Å². The zero-order valence-electron chi connectivity index (χ0n) is 9.89. The average Bonchev–Trinajstić information content (AvgIpc) is 2.16. The summed E-state index contributed by atoms with van der Waals surface area (Å²) in [5.41, 5.74) is 2.48. The van der Waals surface area contributed by atoms with Gasteiger partial charge in [0.25, 0.3) is 0 Å². The van der Waals surface area contributed by atoms with E-state index in [1.165, 1.54) is 5.69 Å². The maximum atomic E-state index is 4.51. The van der Waals surface area contributed by atoms with Gasteiger partial charge in [0.2, 0.25) is 0 Å². The van der Waals surface area contributed by atoms with E-state index in [0.29, 0.717) is 0 Å². The van der Waals surface area contributed by atoms with E-state index in [9.17, 15) is 0 Å². The van der Waals surface area contributed by atoms with Crippen LogP contribution in [0.5, 0.6) is 0 Å². The minimum absolute atomic E-state index is 0.164. The Bertz CT molecular complexity index is 316. The summed E-state index contributed by atoms with van der Waals surface area (Å²) in [6, 6.07) is 2.14. The molecule has 14 heavy (non-hydrogen) atoms. The first-order valence-corrected chi connectivity index (χ1v) is 5.34. The highest BCUT2D eigenvalue weighted by Crippen LogP contribution is 2.25. The van der Waals surface area contributed by atoms with Crippen LogP contribution < -0.4 is 0 Å². The molecule has 1 heterocycles. The van der Waals surface area contributed by atoms with Gasteiger partial charge in [-0.25, -0.2) is 9.97 Å². The molecule has 0 amide bonds. The van der Waals surface area contributed by atoms with Gasteiger partial charge in [0.1, 0.15) is 5.82 Å². The first-order valence-electron chi connectivity index (χ1n) is 5.34. The molecule has 1 aromatic heterocycles. The van der Waals surface area contributed by atoms with Crippen LogP contribution in [0, 0.1) is 6.92 Å². The molecule has 1 aromatic rings. The quantitative estimate of drug-likeness (QED) is 0.735. The van der Waals surface area contributed by atoms with Crippen LogP contribution in [-0.4, -0.2) is 9.97 Å². The highest BCUT2D eigenvalue weighted by Gasteiger charge is 2.20. The highest BCUT2D eigenvalue weighted by molar-refractivity contribution is 5.18. The summed E-state index contributed by atoms with van der Waals surface area (Å²) in [6.07, 6.45) is 2.09. The van der Waals surface area contributed by atoms with Crippen molar-refractivity contribution in [1.82, 2.24) is 9.97 Å². The molecule has 0 spiro atoms. The molecule has 0 bridgehead atoms. The summed E-state index contributed by atoms with van der Waals surface area (Å²) in [7, 11) is 0. The van der Waals surface area contributed by atoms with Crippen molar-refractivity contribution < 1.29 is 0 Å². The Hall–Kier alpha value is -0.920. The third-order valence-electron chi connectivity index (χ3n) is 2.83. The zero-order chi connectivity index (χ0) is 10.8. The maximum Gasteiger partial charge on any atom is 0.125 e. The molecule has 0 aliphatic rings. The third-order valence-corrected chi connectivity index (χ3v) is 2.83. The van der Waals surface area contributed by atoms with Gasteiger partial charge in [-0.15, -0.1) is 0 Å². The van der Waals surface area contributed by atoms with Gasteiger partial charge in [-0.1, -0.05) is 27.7 Å². The van der Waals surface area contributed by atoms with E-state index in [1.807, 2.05) is 6.92 Å². The van der Waals surface area contributed by atoms with Crippen molar-refractivity contribution in [2.24, 2.45) is 0 Å². The summed E-state index contributed by atoms with van der Waals surface area (Å²) in [6.45, 7) is 10.8. The van der Waals surface area contributed by atoms with E-state index in [1.54, 1.807) is 0 Å². The van der Waals surface area contributed by atoms with Gasteiger partial charge in [-0.3, -0.25) is 0 Å². The van der Waals surface area contributed by atoms with E-state index in [0.717, 1.165) is 24.4 Å². The average molecular weight is 192 g/mol. The third kappa shape index (κ3) is 2.31. The monoisotopic (exact) mass is 192 g/mol. The molecule has 0 aliphatic carbocycles. The van der Waals surface area contributed by atoms with Crippen LogP contribution in [0.4, 0.5) is 0 Å². The van der Waals surface area contributed by atoms with Crippen LogP contribution in [0.2, 0.25) is 0 Å². The number of hydrogen-bond acceptors (Lipinski definition) is 2. The fraction of sp³-hybridized carbons (Fsp3) is 0.667. The van der Waals surface area contributed by atoms with Crippen molar-refractivity contribution in [3.63, 3.8) is 0 Å². The van der Waals surface area contributed by atoms with Crippen molar-refractivity contribution in [2.75, 3.05) is 0 Å². The molecule has 2 heteroatoms. The molecule has 0 unspecified atom stereocenters. The van der Waals surface area contributed by atoms with Gasteiger partial charge in [0, 0.05) is 16.8 Å². The molecular formula is C12H20N2. The topological polar surface area (TPSA) is 25.8 Å². The van der Waals surface area contributed by atoms with Crippen molar-refractivity contribution in [1.29, 1.82) is 0 Å². The molecule has 2 nitrogen and oxygen atoms in total. The van der Waals surface area contributed by atoms with Crippen molar-refractivity contribution in [3.05, 3.63) is 23.3 Å². The predicted octanol–water partition coefficient (Wildman–Crippen LogP) is 3.04. The lowest BCUT2D eigenvalue weighted by Crippen LogP contribution is -2.19. The minimum Gasteiger partial charge on any atom is -0.238 e. The second kappa shape index (κ2) is 4.07. The summed E-state index contributed by atoms with van der Waals surface area (Å²) in [5.74, 6) is 0.890. The summed E-state index contributed by atoms with van der Waals surface area (Å²) < 4.78 is 0. The Kier molecular flexibility index (Phi) is 3.25. The molecule has 0 saturated heterocycles. The van der Waals surface area contributed by atoms with Gasteiger partial charge in [0.05, 0.1) is 0 Å². The Morgan fingerprint density at radius 3 is 2.36 bits per heavy atom. The van der Waals surface area contributed by atoms with Crippen LogP contribution in [-0.2, 0) is 11.8 Å². The molecule has 0 radical (unpaired) electrons. The molecule has 78 valence electrons. The van der Waals surface area contributed by atoms with Gasteiger partial charge in [-0.2, -0.15) is 0 Å². The van der Waals surface area contributed by atoms with E-state index in [-0.39, 0.29) is 5.41 Å². The fourth-order valence-electron chi connectivity index (χ4n) is 1.34. The Morgan fingerprint density at radius 2 is 1.86 bits per heavy atom. The van der Waals surface area contributed by atoms with Gasteiger partial charge < -0.3 is 0 Å². The van der Waals surface area contributed by atoms with Crippen LogP contribution in [0.15, 0.2) is 6.07 Å². The first-order chi connectivity index (χ1) is 6.49. The molecule has 0 N–H and O–H groups in total. The number of aromatic nitrogens is 2. The van der Waals surface area contributed by atoms with Crippen LogP contribution in [0.1, 0.15) is 51.3 Å². The van der Waals surface area contributed by atoms with E-state index in [2.05, 4.69) is 43.7 Å². The van der Waals surface area contributed by atoms with Gasteiger partial charge >= 0.3 is 0 Å². The lowest BCUT2D eigenvalue weighted by molar-refractivity contribution is 0.486. The van der Waals surface area contributed by atoms with Crippen molar-refractivity contribution in [2.45, 2.75) is 52.9 Å². The summed E-state index contributed by atoms with van der Waals surface area (Å²) in [4.78, 5) is 8.90. The second-order valence-corrected chi connectivity index (χ2v) is 4.38. The Morgan fingerprint density at radius 1 is 1.21 bits per heavy atom. The Balaban J connectivity index is 3.15. The number of rotatable bonds is 3. The number of hydrogen-bond donors (Lipinski definition) is 0. The molecule has 0 saturated carbocycles. The smallest absolute Gasteiger partial charge is 0.125 e. The van der Waals surface area contributed by atoms with Gasteiger partial charge in [-0.05, 0) is 25.8 Å². The number of nitrogens with zero attached hydrogens (tertiary/aromatic N) is 2. The van der Waals surface area contributed by atoms with E-state index >= 15 is 0 Å².